The first-order valence-electron chi connectivity index (χ1n) is 6.95. The third-order valence-electron chi connectivity index (χ3n) is 3.10. The number of hydrogen-bond acceptors (Lipinski definition) is 4. The molecular formula is C16H21NO2S. The minimum atomic E-state index is -0.392. The lowest BCUT2D eigenvalue weighted by Gasteiger charge is -2.09. The van der Waals surface area contributed by atoms with Crippen LogP contribution in [0.2, 0.25) is 0 Å². The summed E-state index contributed by atoms with van der Waals surface area (Å²) in [5.41, 5.74) is 1.90. The van der Waals surface area contributed by atoms with E-state index in [2.05, 4.69) is 18.8 Å². The molecule has 0 aliphatic rings. The SMILES string of the molecule is CC[C@H](O)c1ccc(OCc2csc(C(C)C)n2)cc1. The molecule has 1 aromatic carbocycles. The maximum absolute atomic E-state index is 9.73. The van der Waals surface area contributed by atoms with Gasteiger partial charge in [-0.05, 0) is 24.1 Å². The monoisotopic (exact) mass is 291 g/mol. The zero-order valence-corrected chi connectivity index (χ0v) is 13.0. The molecule has 2 aromatic rings. The van der Waals surface area contributed by atoms with Gasteiger partial charge in [-0.25, -0.2) is 4.98 Å². The van der Waals surface area contributed by atoms with Gasteiger partial charge in [0.2, 0.25) is 0 Å². The molecule has 1 N–H and O–H groups in total. The van der Waals surface area contributed by atoms with Crippen molar-refractivity contribution in [1.82, 2.24) is 4.98 Å². The van der Waals surface area contributed by atoms with Crippen molar-refractivity contribution in [2.75, 3.05) is 0 Å². The van der Waals surface area contributed by atoms with Crippen LogP contribution < -0.4 is 4.74 Å². The largest absolute Gasteiger partial charge is 0.487 e. The number of aliphatic hydroxyl groups excluding tert-OH is 1. The molecule has 0 saturated heterocycles. The van der Waals surface area contributed by atoms with Gasteiger partial charge in [0.25, 0.3) is 0 Å². The Morgan fingerprint density at radius 3 is 2.50 bits per heavy atom. The molecule has 3 nitrogen and oxygen atoms in total. The lowest BCUT2D eigenvalue weighted by atomic mass is 10.1. The van der Waals surface area contributed by atoms with Crippen LogP contribution in [0.3, 0.4) is 0 Å². The quantitative estimate of drug-likeness (QED) is 0.863. The number of benzene rings is 1. The lowest BCUT2D eigenvalue weighted by Crippen LogP contribution is -1.98. The molecule has 0 spiro atoms. The van der Waals surface area contributed by atoms with Crippen LogP contribution in [-0.4, -0.2) is 10.1 Å². The minimum Gasteiger partial charge on any atom is -0.487 e. The molecule has 4 heteroatoms. The van der Waals surface area contributed by atoms with Crippen LogP contribution in [0.5, 0.6) is 5.75 Å². The van der Waals surface area contributed by atoms with Gasteiger partial charge in [0, 0.05) is 11.3 Å². The Morgan fingerprint density at radius 2 is 1.95 bits per heavy atom. The van der Waals surface area contributed by atoms with E-state index >= 15 is 0 Å². The number of nitrogens with zero attached hydrogens (tertiary/aromatic N) is 1. The summed E-state index contributed by atoms with van der Waals surface area (Å²) in [7, 11) is 0. The lowest BCUT2D eigenvalue weighted by molar-refractivity contribution is 0.173. The maximum atomic E-state index is 9.73. The van der Waals surface area contributed by atoms with Crippen molar-refractivity contribution in [2.24, 2.45) is 0 Å². The second-order valence-electron chi connectivity index (χ2n) is 5.11. The predicted octanol–water partition coefficient (Wildman–Crippen LogP) is 4.29. The Kier molecular flexibility index (Phi) is 5.15. The first-order chi connectivity index (χ1) is 9.60. The zero-order valence-electron chi connectivity index (χ0n) is 12.2. The van der Waals surface area contributed by atoms with E-state index in [4.69, 9.17) is 4.74 Å². The topological polar surface area (TPSA) is 42.4 Å². The fourth-order valence-electron chi connectivity index (χ4n) is 1.83. The first-order valence-corrected chi connectivity index (χ1v) is 7.83. The van der Waals surface area contributed by atoms with Crippen molar-refractivity contribution in [2.45, 2.75) is 45.8 Å². The second kappa shape index (κ2) is 6.86. The zero-order chi connectivity index (χ0) is 14.5. The molecule has 1 aromatic heterocycles. The summed E-state index contributed by atoms with van der Waals surface area (Å²) in [4.78, 5) is 4.54. The summed E-state index contributed by atoms with van der Waals surface area (Å²) in [5, 5.41) is 12.9. The van der Waals surface area contributed by atoms with E-state index in [-0.39, 0.29) is 0 Å². The highest BCUT2D eigenvalue weighted by Crippen LogP contribution is 2.22. The van der Waals surface area contributed by atoms with Crippen molar-refractivity contribution in [3.8, 4) is 5.75 Å². The van der Waals surface area contributed by atoms with Crippen LogP contribution in [0.1, 0.15) is 55.5 Å². The highest BCUT2D eigenvalue weighted by Gasteiger charge is 2.07. The Labute approximate surface area is 124 Å². The van der Waals surface area contributed by atoms with Crippen LogP contribution in [0.15, 0.2) is 29.6 Å². The van der Waals surface area contributed by atoms with Crippen LogP contribution in [-0.2, 0) is 6.61 Å². The van der Waals surface area contributed by atoms with E-state index in [9.17, 15) is 5.11 Å². The molecule has 1 atom stereocenters. The molecule has 20 heavy (non-hydrogen) atoms. The van der Waals surface area contributed by atoms with E-state index in [0.29, 0.717) is 12.5 Å². The molecule has 108 valence electrons. The van der Waals surface area contributed by atoms with Gasteiger partial charge in [0.15, 0.2) is 0 Å². The van der Waals surface area contributed by atoms with Gasteiger partial charge < -0.3 is 9.84 Å². The molecule has 0 saturated carbocycles. The number of rotatable bonds is 6. The third-order valence-corrected chi connectivity index (χ3v) is 4.30. The molecule has 0 amide bonds. The van der Waals surface area contributed by atoms with Crippen LogP contribution in [0.4, 0.5) is 0 Å². The van der Waals surface area contributed by atoms with Crippen LogP contribution in [0.25, 0.3) is 0 Å². The summed E-state index contributed by atoms with van der Waals surface area (Å²) >= 11 is 1.68. The summed E-state index contributed by atoms with van der Waals surface area (Å²) in [6, 6.07) is 7.60. The smallest absolute Gasteiger partial charge is 0.131 e. The number of ether oxygens (including phenoxy) is 1. The highest BCUT2D eigenvalue weighted by atomic mass is 32.1. The normalized spacial score (nSPS) is 12.7. The van der Waals surface area contributed by atoms with Crippen molar-refractivity contribution in [3.63, 3.8) is 0 Å². The highest BCUT2D eigenvalue weighted by molar-refractivity contribution is 7.09. The van der Waals surface area contributed by atoms with E-state index in [1.165, 1.54) is 0 Å². The molecular weight excluding hydrogens is 270 g/mol. The van der Waals surface area contributed by atoms with Gasteiger partial charge in [-0.3, -0.25) is 0 Å². The average Bonchev–Trinajstić information content (AvgIpc) is 2.94. The van der Waals surface area contributed by atoms with Crippen LogP contribution >= 0.6 is 11.3 Å². The predicted molar refractivity (Wildman–Crippen MR) is 82.2 cm³/mol. The third kappa shape index (κ3) is 3.81. The van der Waals surface area contributed by atoms with E-state index in [0.717, 1.165) is 28.4 Å². The van der Waals surface area contributed by atoms with E-state index < -0.39 is 6.10 Å². The van der Waals surface area contributed by atoms with Gasteiger partial charge in [0.05, 0.1) is 16.8 Å². The Balaban J connectivity index is 1.93. The molecule has 1 heterocycles. The number of aromatic nitrogens is 1. The molecule has 0 fully saturated rings. The standard InChI is InChI=1S/C16H21NO2S/c1-4-15(18)12-5-7-14(8-6-12)19-9-13-10-20-16(17-13)11(2)3/h5-8,10-11,15,18H,4,9H2,1-3H3/t15-/m0/s1. The molecule has 0 radical (unpaired) electrons. The second-order valence-corrected chi connectivity index (χ2v) is 6.00. The Morgan fingerprint density at radius 1 is 1.25 bits per heavy atom. The minimum absolute atomic E-state index is 0.392. The summed E-state index contributed by atoms with van der Waals surface area (Å²) in [6.45, 7) is 6.73. The fourth-order valence-corrected chi connectivity index (χ4v) is 2.65. The summed E-state index contributed by atoms with van der Waals surface area (Å²) < 4.78 is 5.72. The Bertz CT molecular complexity index is 534. The first kappa shape index (κ1) is 15.0. The molecule has 2 rings (SSSR count). The van der Waals surface area contributed by atoms with Gasteiger partial charge in [-0.15, -0.1) is 11.3 Å². The molecule has 0 bridgehead atoms. The van der Waals surface area contributed by atoms with Gasteiger partial charge in [-0.1, -0.05) is 32.9 Å². The number of thiazole rings is 1. The number of aliphatic hydroxyl groups is 1. The van der Waals surface area contributed by atoms with E-state index in [1.54, 1.807) is 11.3 Å². The van der Waals surface area contributed by atoms with Crippen molar-refractivity contribution in [1.29, 1.82) is 0 Å². The van der Waals surface area contributed by atoms with Crippen molar-refractivity contribution < 1.29 is 9.84 Å². The number of hydrogen-bond donors (Lipinski definition) is 1. The van der Waals surface area contributed by atoms with Gasteiger partial charge in [0.1, 0.15) is 12.4 Å². The average molecular weight is 291 g/mol. The summed E-state index contributed by atoms with van der Waals surface area (Å²) in [5.74, 6) is 1.26. The fraction of sp³-hybridized carbons (Fsp3) is 0.438. The molecule has 0 aliphatic carbocycles. The van der Waals surface area contributed by atoms with Crippen molar-refractivity contribution in [3.05, 3.63) is 45.9 Å². The van der Waals surface area contributed by atoms with Gasteiger partial charge in [-0.2, -0.15) is 0 Å². The summed E-state index contributed by atoms with van der Waals surface area (Å²) in [6.07, 6.45) is 0.327. The van der Waals surface area contributed by atoms with E-state index in [1.807, 2.05) is 36.6 Å². The Hall–Kier alpha value is -1.39. The van der Waals surface area contributed by atoms with Crippen LogP contribution in [0, 0.1) is 0 Å². The molecule has 0 unspecified atom stereocenters. The maximum Gasteiger partial charge on any atom is 0.131 e. The molecule has 0 aliphatic heterocycles. The van der Waals surface area contributed by atoms with Crippen molar-refractivity contribution >= 4 is 11.3 Å². The van der Waals surface area contributed by atoms with Gasteiger partial charge >= 0.3 is 0 Å².